The Hall–Kier alpha value is 2.01. The van der Waals surface area contributed by atoms with Crippen molar-refractivity contribution in [3.63, 3.8) is 0 Å². The van der Waals surface area contributed by atoms with Crippen LogP contribution in [0.1, 0.15) is 0 Å². The summed E-state index contributed by atoms with van der Waals surface area (Å²) < 4.78 is 13.7. The molecule has 0 saturated heterocycles. The maximum Gasteiger partial charge on any atom is 1.00 e. The monoisotopic (exact) mass is 200 g/mol. The Morgan fingerprint density at radius 1 is 1.60 bits per heavy atom. The Morgan fingerprint density at radius 3 is 1.90 bits per heavy atom. The van der Waals surface area contributed by atoms with Crippen LogP contribution >= 0.6 is 6.57 Å². The minimum Gasteiger partial charge on any atom is -0.809 e. The standard InChI is InChI=1S/C2H5O4PS.2Na/c1-6-2(3)7(4,5)8;;/h1H3,(H2,4,5,8);;/q;2*+1/p-2. The van der Waals surface area contributed by atoms with Gasteiger partial charge in [-0.2, -0.15) is 0 Å². The smallest absolute Gasteiger partial charge is 0.809 e. The summed E-state index contributed by atoms with van der Waals surface area (Å²) in [6, 6.07) is 0. The average molecular weight is 200 g/mol. The number of hydrogen-bond acceptors (Lipinski definition) is 5. The fourth-order valence-corrected chi connectivity index (χ4v) is 0.559. The molecule has 1 atom stereocenters. The van der Waals surface area contributed by atoms with E-state index < -0.39 is 12.3 Å². The normalized spacial score (nSPS) is 13.5. The van der Waals surface area contributed by atoms with Gasteiger partial charge < -0.3 is 26.4 Å². The molecule has 0 heterocycles. The molecule has 0 spiro atoms. The Balaban J connectivity index is -0.000000245. The summed E-state index contributed by atoms with van der Waals surface area (Å²) in [7, 11) is 0.958. The maximum atomic E-state index is 9.93. The molecule has 0 aliphatic rings. The van der Waals surface area contributed by atoms with Crippen molar-refractivity contribution < 1.29 is 78.1 Å². The molecule has 10 heavy (non-hydrogen) atoms. The van der Waals surface area contributed by atoms with Gasteiger partial charge >= 0.3 is 64.8 Å². The van der Waals surface area contributed by atoms with E-state index in [2.05, 4.69) is 17.0 Å². The number of ether oxygens (including phenoxy) is 1. The Morgan fingerprint density at radius 2 is 1.90 bits per heavy atom. The van der Waals surface area contributed by atoms with Gasteiger partial charge in [-0.3, -0.25) is 0 Å². The molecule has 48 valence electrons. The third-order valence-electron chi connectivity index (χ3n) is 0.398. The summed E-state index contributed by atoms with van der Waals surface area (Å²) >= 11 is 3.73. The van der Waals surface area contributed by atoms with E-state index >= 15 is 0 Å². The molecular weight excluding hydrogens is 197 g/mol. The summed E-state index contributed by atoms with van der Waals surface area (Å²) in [6.07, 6.45) is 0. The number of rotatable bonds is 1. The first-order chi connectivity index (χ1) is 3.48. The Labute approximate surface area is 108 Å². The number of carbonyl (C=O) groups excluding carboxylic acids is 1. The molecule has 8 heteroatoms. The van der Waals surface area contributed by atoms with Crippen LogP contribution in [0.15, 0.2) is 0 Å². The van der Waals surface area contributed by atoms with E-state index in [4.69, 9.17) is 0 Å². The van der Waals surface area contributed by atoms with Gasteiger partial charge in [-0.15, -0.1) is 0 Å². The number of carbonyl (C=O) groups is 1. The Bertz CT molecular complexity index is 144. The van der Waals surface area contributed by atoms with Gasteiger partial charge in [0.2, 0.25) is 0 Å². The first-order valence-electron chi connectivity index (χ1n) is 1.59. The number of methoxy groups -OCH3 is 1. The van der Waals surface area contributed by atoms with Crippen molar-refractivity contribution >= 4 is 24.5 Å². The molecule has 4 nitrogen and oxygen atoms in total. The Kier molecular flexibility index (Phi) is 13.7. The second-order valence-electron chi connectivity index (χ2n) is 0.967. The van der Waals surface area contributed by atoms with Crippen LogP contribution in [0.5, 0.6) is 0 Å². The molecule has 0 aliphatic heterocycles. The van der Waals surface area contributed by atoms with E-state index in [9.17, 15) is 14.3 Å². The minimum absolute atomic E-state index is 0. The second-order valence-corrected chi connectivity index (χ2v) is 3.77. The molecule has 0 radical (unpaired) electrons. The molecule has 0 rings (SSSR count). The third-order valence-corrected chi connectivity index (χ3v) is 1.48. The predicted octanol–water partition coefficient (Wildman–Crippen LogP) is -6.14. The van der Waals surface area contributed by atoms with Crippen LogP contribution in [0.25, 0.3) is 0 Å². The summed E-state index contributed by atoms with van der Waals surface area (Å²) in [5, 5.41) is 0. The van der Waals surface area contributed by atoms with Gasteiger partial charge in [0, 0.05) is 0 Å². The van der Waals surface area contributed by atoms with E-state index in [0.29, 0.717) is 0 Å². The largest absolute Gasteiger partial charge is 1.00 e. The zero-order valence-electron chi connectivity index (χ0n) is 5.99. The average Bonchev–Trinajstić information content (AvgIpc) is 1.62. The van der Waals surface area contributed by atoms with Crippen LogP contribution in [0, 0.1) is 0 Å². The molecular formula is C2H3Na2O4PS. The van der Waals surface area contributed by atoms with Crippen molar-refractivity contribution in [1.82, 2.24) is 0 Å². The quantitative estimate of drug-likeness (QED) is 0.239. The van der Waals surface area contributed by atoms with Crippen LogP contribution in [0.4, 0.5) is 4.79 Å². The zero-order chi connectivity index (χ0) is 6.78. The van der Waals surface area contributed by atoms with Crippen LogP contribution in [0.2, 0.25) is 0 Å². The molecule has 0 aromatic carbocycles. The third kappa shape index (κ3) is 8.11. The van der Waals surface area contributed by atoms with Crippen LogP contribution in [0.3, 0.4) is 0 Å². The van der Waals surface area contributed by atoms with Gasteiger partial charge in [0.05, 0.1) is 7.11 Å². The van der Waals surface area contributed by atoms with Gasteiger partial charge in [-0.1, -0.05) is 0 Å². The molecule has 0 bridgehead atoms. The van der Waals surface area contributed by atoms with Crippen LogP contribution in [-0.2, 0) is 21.6 Å². The summed E-state index contributed by atoms with van der Waals surface area (Å²) in [6.45, 7) is -4.28. The molecule has 0 aromatic rings. The second kappa shape index (κ2) is 7.65. The molecule has 0 amide bonds. The molecule has 0 aliphatic carbocycles. The van der Waals surface area contributed by atoms with Gasteiger partial charge in [0.25, 0.3) is 0 Å². The van der Waals surface area contributed by atoms with Crippen molar-refractivity contribution in [2.75, 3.05) is 7.11 Å². The van der Waals surface area contributed by atoms with E-state index in [1.165, 1.54) is 0 Å². The first-order valence-corrected chi connectivity index (χ1v) is 4.23. The number of hydrogen-bond donors (Lipinski definition) is 0. The fourth-order valence-electron chi connectivity index (χ4n) is 0.112. The van der Waals surface area contributed by atoms with Crippen molar-refractivity contribution in [2.45, 2.75) is 0 Å². The molecule has 0 fully saturated rings. The maximum absolute atomic E-state index is 9.93. The van der Waals surface area contributed by atoms with Crippen molar-refractivity contribution in [1.29, 1.82) is 0 Å². The molecule has 1 unspecified atom stereocenters. The van der Waals surface area contributed by atoms with Crippen LogP contribution in [-0.4, -0.2) is 12.8 Å². The SMILES string of the molecule is COC(=O)P(=O)([O-])[S-].[Na+].[Na+]. The van der Waals surface area contributed by atoms with Crippen LogP contribution < -0.4 is 64.0 Å². The van der Waals surface area contributed by atoms with Gasteiger partial charge in [0.15, 0.2) is 0 Å². The first kappa shape index (κ1) is 17.9. The molecule has 0 saturated carbocycles. The zero-order valence-corrected chi connectivity index (χ0v) is 11.7. The summed E-state index contributed by atoms with van der Waals surface area (Å²) in [5.74, 6) is 0. The van der Waals surface area contributed by atoms with E-state index in [0.717, 1.165) is 7.11 Å². The molecule has 0 aromatic heterocycles. The van der Waals surface area contributed by atoms with Crippen molar-refractivity contribution in [2.24, 2.45) is 0 Å². The van der Waals surface area contributed by atoms with E-state index in [-0.39, 0.29) is 59.1 Å². The fraction of sp³-hybridized carbons (Fsp3) is 0.500. The van der Waals surface area contributed by atoms with E-state index in [1.807, 2.05) is 0 Å². The topological polar surface area (TPSA) is 66.4 Å². The summed E-state index contributed by atoms with van der Waals surface area (Å²) in [5.41, 5.74) is -1.35. The van der Waals surface area contributed by atoms with Gasteiger partial charge in [-0.25, -0.2) is 4.79 Å². The van der Waals surface area contributed by atoms with Gasteiger partial charge in [-0.05, 0) is 6.57 Å². The van der Waals surface area contributed by atoms with Crippen molar-refractivity contribution in [3.8, 4) is 0 Å². The minimum atomic E-state index is -4.28. The predicted molar refractivity (Wildman–Crippen MR) is 27.4 cm³/mol. The van der Waals surface area contributed by atoms with Gasteiger partial charge in [0.1, 0.15) is 0 Å². The molecule has 0 N–H and O–H groups in total. The van der Waals surface area contributed by atoms with E-state index in [1.54, 1.807) is 0 Å². The van der Waals surface area contributed by atoms with Crippen molar-refractivity contribution in [3.05, 3.63) is 0 Å². The summed E-state index contributed by atoms with van der Waals surface area (Å²) in [4.78, 5) is 19.9.